The van der Waals surface area contributed by atoms with Crippen LogP contribution < -0.4 is 9.47 Å². The highest BCUT2D eigenvalue weighted by Crippen LogP contribution is 2.46. The number of hydrogen-bond donors (Lipinski definition) is 0. The van der Waals surface area contributed by atoms with E-state index in [1.54, 1.807) is 26.0 Å². The predicted octanol–water partition coefficient (Wildman–Crippen LogP) is 4.47. The van der Waals surface area contributed by atoms with Gasteiger partial charge < -0.3 is 14.4 Å². The quantitative estimate of drug-likeness (QED) is 0.751. The molecule has 0 N–H and O–H groups in total. The summed E-state index contributed by atoms with van der Waals surface area (Å²) in [5.41, 5.74) is 2.07. The number of carbonyl (C=O) groups is 1. The molecular formula is C21H25NO3S. The maximum atomic E-state index is 13.4. The van der Waals surface area contributed by atoms with Crippen LogP contribution in [0.4, 0.5) is 0 Å². The summed E-state index contributed by atoms with van der Waals surface area (Å²) in [5, 5.41) is -0.0506. The molecule has 1 aliphatic heterocycles. The Morgan fingerprint density at radius 2 is 1.92 bits per heavy atom. The minimum Gasteiger partial charge on any atom is -0.493 e. The number of thioether (sulfide) groups is 1. The summed E-state index contributed by atoms with van der Waals surface area (Å²) in [6.45, 7) is 2.82. The summed E-state index contributed by atoms with van der Waals surface area (Å²) in [6, 6.07) is 15.9. The van der Waals surface area contributed by atoms with Crippen LogP contribution in [0.1, 0.15) is 35.8 Å². The van der Waals surface area contributed by atoms with Crippen molar-refractivity contribution in [1.82, 2.24) is 4.90 Å². The molecule has 3 rings (SSSR count). The van der Waals surface area contributed by atoms with Gasteiger partial charge in [0, 0.05) is 17.9 Å². The van der Waals surface area contributed by atoms with Crippen molar-refractivity contribution in [2.45, 2.75) is 24.6 Å². The van der Waals surface area contributed by atoms with Gasteiger partial charge in [-0.1, -0.05) is 49.4 Å². The fraction of sp³-hybridized carbons (Fsp3) is 0.381. The third-order valence-corrected chi connectivity index (χ3v) is 6.02. The molecule has 138 valence electrons. The fourth-order valence-electron chi connectivity index (χ4n) is 3.50. The minimum atomic E-state index is -0.117. The molecule has 5 heteroatoms. The molecule has 0 saturated carbocycles. The smallest absolute Gasteiger partial charge is 0.231 e. The predicted molar refractivity (Wildman–Crippen MR) is 106 cm³/mol. The molecule has 0 bridgehead atoms. The molecule has 0 aromatic heterocycles. The largest absolute Gasteiger partial charge is 0.493 e. The molecule has 1 saturated heterocycles. The number of para-hydroxylation sites is 1. The van der Waals surface area contributed by atoms with E-state index in [0.717, 1.165) is 29.8 Å². The van der Waals surface area contributed by atoms with E-state index in [-0.39, 0.29) is 17.2 Å². The van der Waals surface area contributed by atoms with Crippen molar-refractivity contribution in [1.29, 1.82) is 0 Å². The van der Waals surface area contributed by atoms with Crippen molar-refractivity contribution in [2.24, 2.45) is 0 Å². The maximum absolute atomic E-state index is 13.4. The van der Waals surface area contributed by atoms with Crippen LogP contribution in [-0.4, -0.2) is 37.3 Å². The summed E-state index contributed by atoms with van der Waals surface area (Å²) in [4.78, 5) is 15.3. The number of benzene rings is 2. The van der Waals surface area contributed by atoms with Gasteiger partial charge in [0.25, 0.3) is 0 Å². The SMILES string of the molecule is CC[C@H](C(=O)N1CCS[C@@H]1c1cccc(OC)c1OC)c1ccccc1. The Balaban J connectivity index is 1.92. The lowest BCUT2D eigenvalue weighted by Gasteiger charge is -2.29. The first-order valence-corrected chi connectivity index (χ1v) is 9.94. The number of nitrogens with zero attached hydrogens (tertiary/aromatic N) is 1. The van der Waals surface area contributed by atoms with Crippen molar-refractivity contribution in [3.05, 3.63) is 59.7 Å². The molecule has 26 heavy (non-hydrogen) atoms. The zero-order valence-electron chi connectivity index (χ0n) is 15.5. The molecule has 0 spiro atoms. The third-order valence-electron chi connectivity index (χ3n) is 4.78. The lowest BCUT2D eigenvalue weighted by atomic mass is 9.94. The second kappa shape index (κ2) is 8.49. The number of hydrogen-bond acceptors (Lipinski definition) is 4. The Morgan fingerprint density at radius 1 is 1.15 bits per heavy atom. The average Bonchev–Trinajstić information content (AvgIpc) is 3.18. The monoisotopic (exact) mass is 371 g/mol. The number of ether oxygens (including phenoxy) is 2. The van der Waals surface area contributed by atoms with E-state index in [4.69, 9.17) is 9.47 Å². The lowest BCUT2D eigenvalue weighted by molar-refractivity contribution is -0.133. The Labute approximate surface area is 159 Å². The third kappa shape index (κ3) is 3.54. The fourth-order valence-corrected chi connectivity index (χ4v) is 4.78. The summed E-state index contributed by atoms with van der Waals surface area (Å²) in [7, 11) is 3.28. The molecule has 1 amide bonds. The van der Waals surface area contributed by atoms with Crippen LogP contribution in [0, 0.1) is 0 Å². The van der Waals surface area contributed by atoms with Gasteiger partial charge in [0.15, 0.2) is 11.5 Å². The maximum Gasteiger partial charge on any atom is 0.231 e. The Kier molecular flexibility index (Phi) is 6.09. The molecule has 1 heterocycles. The van der Waals surface area contributed by atoms with Crippen molar-refractivity contribution >= 4 is 17.7 Å². The Hall–Kier alpha value is -2.14. The van der Waals surface area contributed by atoms with Gasteiger partial charge in [0.2, 0.25) is 5.91 Å². The molecule has 1 fully saturated rings. The van der Waals surface area contributed by atoms with Crippen LogP contribution in [0.3, 0.4) is 0 Å². The number of rotatable bonds is 6. The second-order valence-corrected chi connectivity index (χ2v) is 7.40. The summed E-state index contributed by atoms with van der Waals surface area (Å²) in [5.74, 6) is 2.38. The van der Waals surface area contributed by atoms with Crippen LogP contribution in [0.2, 0.25) is 0 Å². The highest BCUT2D eigenvalue weighted by Gasteiger charge is 2.36. The Bertz CT molecular complexity index is 750. The van der Waals surface area contributed by atoms with Gasteiger partial charge in [-0.15, -0.1) is 11.8 Å². The summed E-state index contributed by atoms with van der Waals surface area (Å²) < 4.78 is 11.0. The van der Waals surface area contributed by atoms with E-state index in [9.17, 15) is 4.79 Å². The molecule has 0 unspecified atom stereocenters. The molecule has 0 aliphatic carbocycles. The van der Waals surface area contributed by atoms with E-state index in [1.165, 1.54) is 0 Å². The second-order valence-electron chi connectivity index (χ2n) is 6.21. The highest BCUT2D eigenvalue weighted by molar-refractivity contribution is 7.99. The first-order chi connectivity index (χ1) is 12.7. The van der Waals surface area contributed by atoms with E-state index >= 15 is 0 Å². The van der Waals surface area contributed by atoms with Crippen LogP contribution in [-0.2, 0) is 4.79 Å². The molecular weight excluding hydrogens is 346 g/mol. The zero-order valence-corrected chi connectivity index (χ0v) is 16.3. The Morgan fingerprint density at radius 3 is 2.58 bits per heavy atom. The number of methoxy groups -OCH3 is 2. The van der Waals surface area contributed by atoms with Gasteiger partial charge in [0.1, 0.15) is 5.37 Å². The van der Waals surface area contributed by atoms with Crippen LogP contribution >= 0.6 is 11.8 Å². The van der Waals surface area contributed by atoms with Crippen molar-refractivity contribution in [2.75, 3.05) is 26.5 Å². The van der Waals surface area contributed by atoms with E-state index in [2.05, 4.69) is 6.92 Å². The standard InChI is InChI=1S/C21H25NO3S/c1-4-16(15-9-6-5-7-10-15)20(23)22-13-14-26-21(22)17-11-8-12-18(24-2)19(17)25-3/h5-12,16,21H,4,13-14H2,1-3H3/t16-,21+/m0/s1. The van der Waals surface area contributed by atoms with Gasteiger partial charge in [-0.2, -0.15) is 0 Å². The van der Waals surface area contributed by atoms with Crippen molar-refractivity contribution in [3.63, 3.8) is 0 Å². The van der Waals surface area contributed by atoms with E-state index < -0.39 is 0 Å². The van der Waals surface area contributed by atoms with E-state index in [0.29, 0.717) is 11.5 Å². The highest BCUT2D eigenvalue weighted by atomic mass is 32.2. The van der Waals surface area contributed by atoms with Gasteiger partial charge in [-0.25, -0.2) is 0 Å². The topological polar surface area (TPSA) is 38.8 Å². The first-order valence-electron chi connectivity index (χ1n) is 8.89. The van der Waals surface area contributed by atoms with Crippen LogP contribution in [0.15, 0.2) is 48.5 Å². The van der Waals surface area contributed by atoms with E-state index in [1.807, 2.05) is 53.4 Å². The molecule has 2 aromatic rings. The first kappa shape index (κ1) is 18.6. The van der Waals surface area contributed by atoms with Gasteiger partial charge in [0.05, 0.1) is 20.1 Å². The molecule has 4 nitrogen and oxygen atoms in total. The number of amides is 1. The van der Waals surface area contributed by atoms with Crippen LogP contribution in [0.5, 0.6) is 11.5 Å². The molecule has 1 aliphatic rings. The van der Waals surface area contributed by atoms with Gasteiger partial charge in [-0.05, 0) is 18.1 Å². The summed E-state index contributed by atoms with van der Waals surface area (Å²) >= 11 is 1.77. The summed E-state index contributed by atoms with van der Waals surface area (Å²) in [6.07, 6.45) is 0.784. The normalized spacial score (nSPS) is 17.8. The zero-order chi connectivity index (χ0) is 18.5. The number of carbonyl (C=O) groups excluding carboxylic acids is 1. The molecule has 0 radical (unpaired) electrons. The minimum absolute atomic E-state index is 0.0506. The van der Waals surface area contributed by atoms with Crippen molar-refractivity contribution < 1.29 is 14.3 Å². The van der Waals surface area contributed by atoms with Gasteiger partial charge in [-0.3, -0.25) is 4.79 Å². The van der Waals surface area contributed by atoms with Crippen LogP contribution in [0.25, 0.3) is 0 Å². The van der Waals surface area contributed by atoms with Gasteiger partial charge >= 0.3 is 0 Å². The average molecular weight is 372 g/mol. The van der Waals surface area contributed by atoms with Crippen molar-refractivity contribution in [3.8, 4) is 11.5 Å². The lowest BCUT2D eigenvalue weighted by Crippen LogP contribution is -2.34. The molecule has 2 atom stereocenters. The molecule has 2 aromatic carbocycles.